The van der Waals surface area contributed by atoms with Crippen molar-refractivity contribution in [2.24, 2.45) is 0 Å². The summed E-state index contributed by atoms with van der Waals surface area (Å²) in [5, 5.41) is 0. The van der Waals surface area contributed by atoms with Gasteiger partial charge in [-0.15, -0.1) is 0 Å². The molecule has 0 saturated heterocycles. The average Bonchev–Trinajstić information content (AvgIpc) is 3.03. The smallest absolute Gasteiger partial charge is 0.231 e. The highest BCUT2D eigenvalue weighted by atomic mass is 16.7. The molecule has 0 saturated carbocycles. The number of ether oxygens (including phenoxy) is 2. The summed E-state index contributed by atoms with van der Waals surface area (Å²) in [5.74, 6) is 1.70. The zero-order chi connectivity index (χ0) is 12.8. The van der Waals surface area contributed by atoms with Crippen LogP contribution in [-0.4, -0.2) is 6.79 Å². The highest BCUT2D eigenvalue weighted by Gasteiger charge is 2.21. The summed E-state index contributed by atoms with van der Waals surface area (Å²) < 4.78 is 10.8. The van der Waals surface area contributed by atoms with Crippen molar-refractivity contribution in [1.29, 1.82) is 0 Å². The van der Waals surface area contributed by atoms with E-state index in [4.69, 9.17) is 9.47 Å². The molecule has 0 atom stereocenters. The van der Waals surface area contributed by atoms with Crippen LogP contribution in [0.2, 0.25) is 0 Å². The molecule has 2 aromatic rings. The van der Waals surface area contributed by atoms with Crippen LogP contribution in [0.15, 0.2) is 42.5 Å². The maximum Gasteiger partial charge on any atom is 0.231 e. The van der Waals surface area contributed by atoms with Crippen LogP contribution < -0.4 is 9.47 Å². The Balaban J connectivity index is 1.81. The Hall–Kier alpha value is -2.22. The van der Waals surface area contributed by atoms with Gasteiger partial charge in [0.15, 0.2) is 11.5 Å². The van der Waals surface area contributed by atoms with E-state index in [0.717, 1.165) is 17.9 Å². The van der Waals surface area contributed by atoms with Crippen molar-refractivity contribution >= 4 is 11.1 Å². The van der Waals surface area contributed by atoms with Crippen molar-refractivity contribution in [3.05, 3.63) is 59.2 Å². The summed E-state index contributed by atoms with van der Waals surface area (Å²) in [6.45, 7) is 2.53. The highest BCUT2D eigenvalue weighted by Crippen LogP contribution is 2.41. The molecule has 0 spiro atoms. The molecule has 1 heterocycles. The predicted molar refractivity (Wildman–Crippen MR) is 75.2 cm³/mol. The number of benzene rings is 2. The molecule has 0 unspecified atom stereocenters. The maximum absolute atomic E-state index is 5.47. The molecule has 2 nitrogen and oxygen atoms in total. The third-order valence-electron chi connectivity index (χ3n) is 3.96. The lowest BCUT2D eigenvalue weighted by Crippen LogP contribution is -1.93. The molecule has 2 heteroatoms. The van der Waals surface area contributed by atoms with Gasteiger partial charge in [-0.2, -0.15) is 0 Å². The molecule has 0 bridgehead atoms. The van der Waals surface area contributed by atoms with Gasteiger partial charge in [-0.25, -0.2) is 0 Å². The van der Waals surface area contributed by atoms with Gasteiger partial charge in [0.25, 0.3) is 0 Å². The Morgan fingerprint density at radius 1 is 0.947 bits per heavy atom. The van der Waals surface area contributed by atoms with Crippen molar-refractivity contribution in [1.82, 2.24) is 0 Å². The second-order valence-electron chi connectivity index (χ2n) is 5.01. The van der Waals surface area contributed by atoms with Gasteiger partial charge >= 0.3 is 0 Å². The monoisotopic (exact) mass is 250 g/mol. The molecule has 4 rings (SSSR count). The third-order valence-corrected chi connectivity index (χ3v) is 3.96. The van der Waals surface area contributed by atoms with Crippen LogP contribution in [0, 0.1) is 0 Å². The molecule has 94 valence electrons. The minimum absolute atomic E-state index is 0.330. The maximum atomic E-state index is 5.47. The zero-order valence-corrected chi connectivity index (χ0v) is 10.8. The van der Waals surface area contributed by atoms with Gasteiger partial charge in [0.1, 0.15) is 0 Å². The van der Waals surface area contributed by atoms with E-state index < -0.39 is 0 Å². The Kier molecular flexibility index (Phi) is 2.18. The minimum Gasteiger partial charge on any atom is -0.454 e. The summed E-state index contributed by atoms with van der Waals surface area (Å²) in [7, 11) is 0. The molecule has 1 aliphatic heterocycles. The fourth-order valence-electron chi connectivity index (χ4n) is 2.93. The fourth-order valence-corrected chi connectivity index (χ4v) is 2.93. The Labute approximate surface area is 112 Å². The molecule has 19 heavy (non-hydrogen) atoms. The van der Waals surface area contributed by atoms with Gasteiger partial charge in [0.2, 0.25) is 6.79 Å². The number of rotatable bonds is 1. The topological polar surface area (TPSA) is 18.5 Å². The highest BCUT2D eigenvalue weighted by molar-refractivity contribution is 5.96. The van der Waals surface area contributed by atoms with Gasteiger partial charge in [0, 0.05) is 0 Å². The van der Waals surface area contributed by atoms with E-state index in [2.05, 4.69) is 43.3 Å². The summed E-state index contributed by atoms with van der Waals surface area (Å²) in [5.41, 5.74) is 6.77. The lowest BCUT2D eigenvalue weighted by Gasteiger charge is -2.05. The van der Waals surface area contributed by atoms with Gasteiger partial charge < -0.3 is 9.47 Å². The van der Waals surface area contributed by atoms with E-state index in [9.17, 15) is 0 Å². The Morgan fingerprint density at radius 3 is 2.68 bits per heavy atom. The van der Waals surface area contributed by atoms with Gasteiger partial charge in [0.05, 0.1) is 0 Å². The standard InChI is InChI=1S/C17H14O2/c1-11-14-5-3-2-4-12(14)8-15(11)13-6-7-16-17(9-13)19-10-18-16/h2-7,9H,8,10H2,1H3. The molecule has 2 aliphatic rings. The molecule has 0 fully saturated rings. The second-order valence-corrected chi connectivity index (χ2v) is 5.01. The first-order chi connectivity index (χ1) is 9.33. The largest absolute Gasteiger partial charge is 0.454 e. The molecular weight excluding hydrogens is 236 g/mol. The van der Waals surface area contributed by atoms with E-state index in [-0.39, 0.29) is 0 Å². The lowest BCUT2D eigenvalue weighted by atomic mass is 10.0. The van der Waals surface area contributed by atoms with Gasteiger partial charge in [-0.3, -0.25) is 0 Å². The second kappa shape index (κ2) is 3.89. The van der Waals surface area contributed by atoms with Crippen molar-refractivity contribution in [2.45, 2.75) is 13.3 Å². The molecule has 0 radical (unpaired) electrons. The molecule has 2 aromatic carbocycles. The molecular formula is C17H14O2. The number of allylic oxidation sites excluding steroid dienone is 2. The van der Waals surface area contributed by atoms with Crippen LogP contribution >= 0.6 is 0 Å². The SMILES string of the molecule is CC1=C(c2ccc3c(c2)OCO3)Cc2ccccc21. The normalized spacial score (nSPS) is 15.8. The van der Waals surface area contributed by atoms with E-state index in [1.165, 1.54) is 27.8 Å². The summed E-state index contributed by atoms with van der Waals surface area (Å²) in [6.07, 6.45) is 1.00. The predicted octanol–water partition coefficient (Wildman–Crippen LogP) is 3.90. The number of hydrogen-bond donors (Lipinski definition) is 0. The van der Waals surface area contributed by atoms with Crippen LogP contribution in [0.4, 0.5) is 0 Å². The molecule has 0 N–H and O–H groups in total. The van der Waals surface area contributed by atoms with Crippen molar-refractivity contribution in [2.75, 3.05) is 6.79 Å². The van der Waals surface area contributed by atoms with E-state index in [0.29, 0.717) is 6.79 Å². The van der Waals surface area contributed by atoms with Gasteiger partial charge in [-0.1, -0.05) is 30.3 Å². The quantitative estimate of drug-likeness (QED) is 0.764. The summed E-state index contributed by atoms with van der Waals surface area (Å²) >= 11 is 0. The van der Waals surface area contributed by atoms with Crippen LogP contribution in [0.3, 0.4) is 0 Å². The van der Waals surface area contributed by atoms with Crippen molar-refractivity contribution in [3.63, 3.8) is 0 Å². The lowest BCUT2D eigenvalue weighted by molar-refractivity contribution is 0.174. The molecule has 0 amide bonds. The zero-order valence-electron chi connectivity index (χ0n) is 10.8. The minimum atomic E-state index is 0.330. The number of fused-ring (bicyclic) bond motifs is 2. The fraction of sp³-hybridized carbons (Fsp3) is 0.176. The van der Waals surface area contributed by atoms with E-state index >= 15 is 0 Å². The van der Waals surface area contributed by atoms with Crippen molar-refractivity contribution in [3.8, 4) is 11.5 Å². The van der Waals surface area contributed by atoms with Crippen molar-refractivity contribution < 1.29 is 9.47 Å². The van der Waals surface area contributed by atoms with Crippen LogP contribution in [0.5, 0.6) is 11.5 Å². The van der Waals surface area contributed by atoms with Gasteiger partial charge in [-0.05, 0) is 53.3 Å². The first-order valence-corrected chi connectivity index (χ1v) is 6.51. The first-order valence-electron chi connectivity index (χ1n) is 6.51. The first kappa shape index (κ1) is 10.7. The summed E-state index contributed by atoms with van der Waals surface area (Å²) in [4.78, 5) is 0. The van der Waals surface area contributed by atoms with Crippen LogP contribution in [0.25, 0.3) is 11.1 Å². The van der Waals surface area contributed by atoms with Crippen LogP contribution in [-0.2, 0) is 6.42 Å². The molecule has 1 aliphatic carbocycles. The third kappa shape index (κ3) is 1.56. The number of hydrogen-bond acceptors (Lipinski definition) is 2. The van der Waals surface area contributed by atoms with Crippen LogP contribution in [0.1, 0.15) is 23.6 Å². The Bertz CT molecular complexity index is 698. The van der Waals surface area contributed by atoms with E-state index in [1.807, 2.05) is 6.07 Å². The van der Waals surface area contributed by atoms with E-state index in [1.54, 1.807) is 0 Å². The summed E-state index contributed by atoms with van der Waals surface area (Å²) in [6, 6.07) is 14.8. The molecule has 0 aromatic heterocycles. The Morgan fingerprint density at radius 2 is 1.79 bits per heavy atom. The average molecular weight is 250 g/mol.